The summed E-state index contributed by atoms with van der Waals surface area (Å²) < 4.78 is 24.4. The number of hydrogen-bond acceptors (Lipinski definition) is 3. The SMILES string of the molecule is CCNC(Cc1ccc(OC)c(F)c1)c1cc(C)oc1C. The van der Waals surface area contributed by atoms with E-state index in [2.05, 4.69) is 12.2 Å². The van der Waals surface area contributed by atoms with E-state index in [1.165, 1.54) is 13.2 Å². The molecule has 0 fully saturated rings. The van der Waals surface area contributed by atoms with Gasteiger partial charge in [0, 0.05) is 11.6 Å². The van der Waals surface area contributed by atoms with E-state index in [1.807, 2.05) is 26.0 Å². The van der Waals surface area contributed by atoms with Crippen LogP contribution in [-0.2, 0) is 6.42 Å². The van der Waals surface area contributed by atoms with Gasteiger partial charge in [0.1, 0.15) is 11.5 Å². The minimum Gasteiger partial charge on any atom is -0.494 e. The molecule has 0 aliphatic carbocycles. The standard InChI is InChI=1S/C17H22FNO2/c1-5-19-16(14-8-11(2)21-12(14)3)10-13-6-7-17(20-4)15(18)9-13/h6-9,16,19H,5,10H2,1-4H3. The number of nitrogens with one attached hydrogen (secondary N) is 1. The fourth-order valence-electron chi connectivity index (χ4n) is 2.61. The van der Waals surface area contributed by atoms with Crippen molar-refractivity contribution in [3.8, 4) is 5.75 Å². The van der Waals surface area contributed by atoms with Crippen LogP contribution in [0.5, 0.6) is 5.75 Å². The fraction of sp³-hybridized carbons (Fsp3) is 0.412. The van der Waals surface area contributed by atoms with Gasteiger partial charge in [-0.2, -0.15) is 0 Å². The van der Waals surface area contributed by atoms with Crippen molar-refractivity contribution in [2.75, 3.05) is 13.7 Å². The van der Waals surface area contributed by atoms with Gasteiger partial charge in [0.2, 0.25) is 0 Å². The lowest BCUT2D eigenvalue weighted by molar-refractivity contribution is 0.386. The Kier molecular flexibility index (Phi) is 5.02. The molecule has 1 heterocycles. The normalized spacial score (nSPS) is 12.4. The molecule has 1 unspecified atom stereocenters. The molecule has 2 rings (SSSR count). The summed E-state index contributed by atoms with van der Waals surface area (Å²) in [5.41, 5.74) is 2.06. The highest BCUT2D eigenvalue weighted by molar-refractivity contribution is 5.32. The van der Waals surface area contributed by atoms with Gasteiger partial charge in [-0.3, -0.25) is 0 Å². The van der Waals surface area contributed by atoms with Crippen LogP contribution in [0.1, 0.15) is 35.6 Å². The van der Waals surface area contributed by atoms with E-state index in [0.29, 0.717) is 6.42 Å². The zero-order chi connectivity index (χ0) is 15.4. The van der Waals surface area contributed by atoms with Crippen LogP contribution in [-0.4, -0.2) is 13.7 Å². The Hall–Kier alpha value is -1.81. The Morgan fingerprint density at radius 2 is 2.05 bits per heavy atom. The molecule has 2 aromatic rings. The van der Waals surface area contributed by atoms with E-state index in [4.69, 9.17) is 9.15 Å². The third kappa shape index (κ3) is 3.64. The van der Waals surface area contributed by atoms with Crippen LogP contribution in [0.4, 0.5) is 4.39 Å². The highest BCUT2D eigenvalue weighted by Crippen LogP contribution is 2.26. The lowest BCUT2D eigenvalue weighted by Crippen LogP contribution is -2.23. The first-order valence-electron chi connectivity index (χ1n) is 7.17. The molecule has 0 saturated carbocycles. The average Bonchev–Trinajstić information content (AvgIpc) is 2.77. The van der Waals surface area contributed by atoms with Gasteiger partial charge in [0.15, 0.2) is 11.6 Å². The molecular weight excluding hydrogens is 269 g/mol. The van der Waals surface area contributed by atoms with Gasteiger partial charge < -0.3 is 14.5 Å². The molecule has 0 spiro atoms. The summed E-state index contributed by atoms with van der Waals surface area (Å²) in [6, 6.07) is 7.25. The van der Waals surface area contributed by atoms with Crippen LogP contribution in [0, 0.1) is 19.7 Å². The minimum absolute atomic E-state index is 0.111. The maximum Gasteiger partial charge on any atom is 0.165 e. The Balaban J connectivity index is 2.24. The molecule has 1 atom stereocenters. The number of halogens is 1. The summed E-state index contributed by atoms with van der Waals surface area (Å²) in [6.45, 7) is 6.80. The molecule has 0 aliphatic rings. The zero-order valence-electron chi connectivity index (χ0n) is 13.0. The smallest absolute Gasteiger partial charge is 0.165 e. The van der Waals surface area contributed by atoms with Crippen LogP contribution in [0.3, 0.4) is 0 Å². The van der Waals surface area contributed by atoms with E-state index in [-0.39, 0.29) is 17.6 Å². The molecule has 1 aromatic heterocycles. The summed E-state index contributed by atoms with van der Waals surface area (Å²) in [6.07, 6.45) is 0.703. The topological polar surface area (TPSA) is 34.4 Å². The second kappa shape index (κ2) is 6.76. The van der Waals surface area contributed by atoms with Crippen molar-refractivity contribution in [3.05, 3.63) is 52.7 Å². The molecule has 1 N–H and O–H groups in total. The van der Waals surface area contributed by atoms with Gasteiger partial charge in [-0.1, -0.05) is 13.0 Å². The molecule has 0 aliphatic heterocycles. The Morgan fingerprint density at radius 3 is 2.57 bits per heavy atom. The minimum atomic E-state index is -0.328. The number of benzene rings is 1. The van der Waals surface area contributed by atoms with Crippen LogP contribution >= 0.6 is 0 Å². The van der Waals surface area contributed by atoms with Crippen molar-refractivity contribution in [1.29, 1.82) is 0 Å². The molecule has 0 radical (unpaired) electrons. The lowest BCUT2D eigenvalue weighted by atomic mass is 9.98. The third-order valence-electron chi connectivity index (χ3n) is 3.56. The summed E-state index contributed by atoms with van der Waals surface area (Å²) in [7, 11) is 1.47. The second-order valence-electron chi connectivity index (χ2n) is 5.15. The van der Waals surface area contributed by atoms with Crippen molar-refractivity contribution in [3.63, 3.8) is 0 Å². The van der Waals surface area contributed by atoms with E-state index in [1.54, 1.807) is 6.07 Å². The van der Waals surface area contributed by atoms with Crippen LogP contribution in [0.25, 0.3) is 0 Å². The highest BCUT2D eigenvalue weighted by atomic mass is 19.1. The van der Waals surface area contributed by atoms with Crippen molar-refractivity contribution in [2.24, 2.45) is 0 Å². The summed E-state index contributed by atoms with van der Waals surface area (Å²) in [5, 5.41) is 3.44. The molecule has 0 bridgehead atoms. The van der Waals surface area contributed by atoms with Crippen LogP contribution in [0.2, 0.25) is 0 Å². The Bertz CT molecular complexity index is 607. The molecular formula is C17H22FNO2. The third-order valence-corrected chi connectivity index (χ3v) is 3.56. The van der Waals surface area contributed by atoms with Crippen molar-refractivity contribution in [1.82, 2.24) is 5.32 Å². The first-order valence-corrected chi connectivity index (χ1v) is 7.17. The van der Waals surface area contributed by atoms with E-state index < -0.39 is 0 Å². The molecule has 114 valence electrons. The molecule has 3 nitrogen and oxygen atoms in total. The molecule has 4 heteroatoms. The van der Waals surface area contributed by atoms with Gasteiger partial charge in [0.25, 0.3) is 0 Å². The average molecular weight is 291 g/mol. The van der Waals surface area contributed by atoms with Gasteiger partial charge >= 0.3 is 0 Å². The zero-order valence-corrected chi connectivity index (χ0v) is 13.0. The first-order chi connectivity index (χ1) is 10.0. The van der Waals surface area contributed by atoms with Crippen LogP contribution < -0.4 is 10.1 Å². The lowest BCUT2D eigenvalue weighted by Gasteiger charge is -2.18. The van der Waals surface area contributed by atoms with Crippen molar-refractivity contribution in [2.45, 2.75) is 33.2 Å². The number of likely N-dealkylation sites (N-methyl/N-ethyl adjacent to an activating group) is 1. The van der Waals surface area contributed by atoms with Gasteiger partial charge in [0.05, 0.1) is 7.11 Å². The summed E-state index contributed by atoms with van der Waals surface area (Å²) in [5.74, 6) is 1.75. The molecule has 0 saturated heterocycles. The van der Waals surface area contributed by atoms with E-state index in [0.717, 1.165) is 29.2 Å². The number of hydrogen-bond donors (Lipinski definition) is 1. The quantitative estimate of drug-likeness (QED) is 0.875. The maximum absolute atomic E-state index is 13.8. The van der Waals surface area contributed by atoms with Gasteiger partial charge in [-0.05, 0) is 50.6 Å². The predicted octanol–water partition coefficient (Wildman–Crippen LogP) is 3.94. The molecule has 0 amide bonds. The predicted molar refractivity (Wildman–Crippen MR) is 81.3 cm³/mol. The highest BCUT2D eigenvalue weighted by Gasteiger charge is 2.17. The first kappa shape index (κ1) is 15.6. The van der Waals surface area contributed by atoms with E-state index in [9.17, 15) is 4.39 Å². The fourth-order valence-corrected chi connectivity index (χ4v) is 2.61. The summed E-state index contributed by atoms with van der Waals surface area (Å²) >= 11 is 0. The van der Waals surface area contributed by atoms with Crippen molar-refractivity contribution < 1.29 is 13.5 Å². The largest absolute Gasteiger partial charge is 0.494 e. The van der Waals surface area contributed by atoms with Crippen LogP contribution in [0.15, 0.2) is 28.7 Å². The number of aryl methyl sites for hydroxylation is 2. The van der Waals surface area contributed by atoms with Gasteiger partial charge in [-0.15, -0.1) is 0 Å². The number of methoxy groups -OCH3 is 1. The molecule has 1 aromatic carbocycles. The van der Waals surface area contributed by atoms with Crippen molar-refractivity contribution >= 4 is 0 Å². The number of furan rings is 1. The monoisotopic (exact) mass is 291 g/mol. The van der Waals surface area contributed by atoms with E-state index >= 15 is 0 Å². The summed E-state index contributed by atoms with van der Waals surface area (Å²) in [4.78, 5) is 0. The maximum atomic E-state index is 13.8. The Labute approximate surface area is 125 Å². The van der Waals surface area contributed by atoms with Gasteiger partial charge in [-0.25, -0.2) is 4.39 Å². The molecule has 21 heavy (non-hydrogen) atoms. The second-order valence-corrected chi connectivity index (χ2v) is 5.15. The Morgan fingerprint density at radius 1 is 1.29 bits per heavy atom. The number of ether oxygens (including phenoxy) is 1. The number of rotatable bonds is 6.